The van der Waals surface area contributed by atoms with E-state index in [9.17, 15) is 0 Å². The predicted molar refractivity (Wildman–Crippen MR) is 82.1 cm³/mol. The monoisotopic (exact) mass is 260 g/mol. The topological polar surface area (TPSA) is 29.3 Å². The summed E-state index contributed by atoms with van der Waals surface area (Å²) in [6.07, 6.45) is 6.52. The highest BCUT2D eigenvalue weighted by atomic mass is 15.1. The highest BCUT2D eigenvalue weighted by Gasteiger charge is 2.18. The van der Waals surface area contributed by atoms with Crippen molar-refractivity contribution in [2.24, 2.45) is 11.7 Å². The zero-order chi connectivity index (χ0) is 13.5. The van der Waals surface area contributed by atoms with Crippen LogP contribution >= 0.6 is 0 Å². The zero-order valence-electron chi connectivity index (χ0n) is 12.3. The average molecular weight is 260 g/mol. The molecule has 1 saturated heterocycles. The quantitative estimate of drug-likeness (QED) is 0.851. The SMILES string of the molecule is CCCC1CCN(Cc2ccccc2CCN)CC1. The van der Waals surface area contributed by atoms with Gasteiger partial charge in [0, 0.05) is 6.54 Å². The molecule has 0 spiro atoms. The number of benzene rings is 1. The Kier molecular flexibility index (Phi) is 5.87. The van der Waals surface area contributed by atoms with E-state index in [4.69, 9.17) is 5.73 Å². The second kappa shape index (κ2) is 7.66. The largest absolute Gasteiger partial charge is 0.330 e. The van der Waals surface area contributed by atoms with E-state index in [0.29, 0.717) is 0 Å². The molecule has 19 heavy (non-hydrogen) atoms. The molecule has 2 nitrogen and oxygen atoms in total. The van der Waals surface area contributed by atoms with Gasteiger partial charge in [0.2, 0.25) is 0 Å². The van der Waals surface area contributed by atoms with Crippen LogP contribution in [0.2, 0.25) is 0 Å². The molecule has 1 heterocycles. The van der Waals surface area contributed by atoms with Gasteiger partial charge in [-0.25, -0.2) is 0 Å². The fraction of sp³-hybridized carbons (Fsp3) is 0.647. The third-order valence-electron chi connectivity index (χ3n) is 4.33. The highest BCUT2D eigenvalue weighted by molar-refractivity contribution is 5.27. The maximum absolute atomic E-state index is 5.70. The van der Waals surface area contributed by atoms with Crippen LogP contribution in [-0.4, -0.2) is 24.5 Å². The maximum Gasteiger partial charge on any atom is 0.0236 e. The van der Waals surface area contributed by atoms with E-state index in [-0.39, 0.29) is 0 Å². The Hall–Kier alpha value is -0.860. The molecular formula is C17H28N2. The molecule has 0 aliphatic carbocycles. The first-order valence-electron chi connectivity index (χ1n) is 7.82. The Morgan fingerprint density at radius 2 is 1.84 bits per heavy atom. The van der Waals surface area contributed by atoms with E-state index in [1.807, 2.05) is 0 Å². The summed E-state index contributed by atoms with van der Waals surface area (Å²) in [6, 6.07) is 8.77. The summed E-state index contributed by atoms with van der Waals surface area (Å²) in [5.74, 6) is 0.973. The fourth-order valence-electron chi connectivity index (χ4n) is 3.19. The number of rotatable bonds is 6. The maximum atomic E-state index is 5.70. The van der Waals surface area contributed by atoms with Gasteiger partial charge in [-0.05, 0) is 55.9 Å². The van der Waals surface area contributed by atoms with Crippen LogP contribution in [0.5, 0.6) is 0 Å². The van der Waals surface area contributed by atoms with Crippen LogP contribution in [0.3, 0.4) is 0 Å². The van der Waals surface area contributed by atoms with Crippen LogP contribution in [0, 0.1) is 5.92 Å². The zero-order valence-corrected chi connectivity index (χ0v) is 12.3. The van der Waals surface area contributed by atoms with E-state index in [1.54, 1.807) is 0 Å². The van der Waals surface area contributed by atoms with Crippen LogP contribution in [0.25, 0.3) is 0 Å². The number of piperidine rings is 1. The van der Waals surface area contributed by atoms with Crippen molar-refractivity contribution in [1.29, 1.82) is 0 Å². The number of nitrogens with zero attached hydrogens (tertiary/aromatic N) is 1. The molecule has 1 aromatic rings. The normalized spacial score (nSPS) is 17.8. The molecule has 0 aromatic heterocycles. The first-order valence-corrected chi connectivity index (χ1v) is 7.82. The standard InChI is InChI=1S/C17H28N2/c1-2-5-15-9-12-19(13-10-15)14-17-7-4-3-6-16(17)8-11-18/h3-4,6-7,15H,2,5,8-14,18H2,1H3. The summed E-state index contributed by atoms with van der Waals surface area (Å²) in [5, 5.41) is 0. The summed E-state index contributed by atoms with van der Waals surface area (Å²) >= 11 is 0. The van der Waals surface area contributed by atoms with Gasteiger partial charge in [0.15, 0.2) is 0 Å². The lowest BCUT2D eigenvalue weighted by Crippen LogP contribution is -2.33. The van der Waals surface area contributed by atoms with Crippen LogP contribution in [0.15, 0.2) is 24.3 Å². The summed E-state index contributed by atoms with van der Waals surface area (Å²) in [5.41, 5.74) is 8.61. The smallest absolute Gasteiger partial charge is 0.0236 e. The van der Waals surface area contributed by atoms with Crippen molar-refractivity contribution in [2.75, 3.05) is 19.6 Å². The van der Waals surface area contributed by atoms with E-state index in [1.165, 1.54) is 49.9 Å². The van der Waals surface area contributed by atoms with E-state index in [0.717, 1.165) is 25.4 Å². The third kappa shape index (κ3) is 4.32. The van der Waals surface area contributed by atoms with Crippen LogP contribution in [0.4, 0.5) is 0 Å². The van der Waals surface area contributed by atoms with Crippen molar-refractivity contribution in [3.8, 4) is 0 Å². The van der Waals surface area contributed by atoms with E-state index in [2.05, 4.69) is 36.1 Å². The molecule has 106 valence electrons. The fourth-order valence-corrected chi connectivity index (χ4v) is 3.19. The van der Waals surface area contributed by atoms with Gasteiger partial charge in [-0.3, -0.25) is 4.90 Å². The van der Waals surface area contributed by atoms with Gasteiger partial charge >= 0.3 is 0 Å². The average Bonchev–Trinajstić information content (AvgIpc) is 2.44. The second-order valence-electron chi connectivity index (χ2n) is 5.82. The molecule has 0 radical (unpaired) electrons. The minimum Gasteiger partial charge on any atom is -0.330 e. The van der Waals surface area contributed by atoms with Gasteiger partial charge in [0.1, 0.15) is 0 Å². The van der Waals surface area contributed by atoms with Gasteiger partial charge in [0.25, 0.3) is 0 Å². The minimum absolute atomic E-state index is 0.746. The molecule has 0 atom stereocenters. The molecule has 1 aromatic carbocycles. The molecule has 1 aliphatic heterocycles. The van der Waals surface area contributed by atoms with E-state index < -0.39 is 0 Å². The predicted octanol–water partition coefficient (Wildman–Crippen LogP) is 3.20. The summed E-state index contributed by atoms with van der Waals surface area (Å²) in [7, 11) is 0. The number of hydrogen-bond donors (Lipinski definition) is 1. The number of likely N-dealkylation sites (tertiary alicyclic amines) is 1. The van der Waals surface area contributed by atoms with Crippen LogP contribution < -0.4 is 5.73 Å². The molecule has 2 heteroatoms. The van der Waals surface area contributed by atoms with Crippen molar-refractivity contribution < 1.29 is 0 Å². The van der Waals surface area contributed by atoms with Crippen molar-refractivity contribution in [1.82, 2.24) is 4.90 Å². The van der Waals surface area contributed by atoms with Crippen LogP contribution in [-0.2, 0) is 13.0 Å². The van der Waals surface area contributed by atoms with Gasteiger partial charge in [0.05, 0.1) is 0 Å². The van der Waals surface area contributed by atoms with Gasteiger partial charge < -0.3 is 5.73 Å². The summed E-state index contributed by atoms with van der Waals surface area (Å²) < 4.78 is 0. The molecule has 1 aliphatic rings. The van der Waals surface area contributed by atoms with Crippen molar-refractivity contribution >= 4 is 0 Å². The Morgan fingerprint density at radius 3 is 2.47 bits per heavy atom. The Morgan fingerprint density at radius 1 is 1.16 bits per heavy atom. The van der Waals surface area contributed by atoms with Gasteiger partial charge in [-0.15, -0.1) is 0 Å². The number of nitrogens with two attached hydrogens (primary N) is 1. The molecular weight excluding hydrogens is 232 g/mol. The molecule has 0 bridgehead atoms. The number of hydrogen-bond acceptors (Lipinski definition) is 2. The lowest BCUT2D eigenvalue weighted by atomic mass is 9.92. The van der Waals surface area contributed by atoms with Gasteiger partial charge in [-0.1, -0.05) is 44.0 Å². The first-order chi connectivity index (χ1) is 9.33. The lowest BCUT2D eigenvalue weighted by Gasteiger charge is -2.32. The van der Waals surface area contributed by atoms with Gasteiger partial charge in [-0.2, -0.15) is 0 Å². The molecule has 2 N–H and O–H groups in total. The highest BCUT2D eigenvalue weighted by Crippen LogP contribution is 2.23. The summed E-state index contributed by atoms with van der Waals surface area (Å²) in [4.78, 5) is 2.61. The van der Waals surface area contributed by atoms with Crippen molar-refractivity contribution in [3.63, 3.8) is 0 Å². The van der Waals surface area contributed by atoms with Crippen molar-refractivity contribution in [2.45, 2.75) is 45.6 Å². The first kappa shape index (κ1) is 14.5. The molecule has 0 unspecified atom stereocenters. The second-order valence-corrected chi connectivity index (χ2v) is 5.82. The molecule has 0 saturated carbocycles. The minimum atomic E-state index is 0.746. The lowest BCUT2D eigenvalue weighted by molar-refractivity contribution is 0.171. The van der Waals surface area contributed by atoms with E-state index >= 15 is 0 Å². The Balaban J connectivity index is 1.88. The molecule has 2 rings (SSSR count). The van der Waals surface area contributed by atoms with Crippen LogP contribution in [0.1, 0.15) is 43.7 Å². The van der Waals surface area contributed by atoms with Crippen molar-refractivity contribution in [3.05, 3.63) is 35.4 Å². The Bertz CT molecular complexity index is 367. The Labute approximate surface area is 118 Å². The summed E-state index contributed by atoms with van der Waals surface area (Å²) in [6.45, 7) is 6.68. The molecule has 1 fully saturated rings. The third-order valence-corrected chi connectivity index (χ3v) is 4.33. The molecule has 0 amide bonds.